The number of anilines is 1. The number of hydrazine groups is 1. The number of amides is 1. The standard InChI is InChI=1S/C21H35N3O2S2/c1-4-5-13-28-15-19(25)14-17(12-11-16(2)3)20(26)23-24-21(27)22-18-9-7-6-8-10-18/h6-10,16-17,19,25H,4-5,11-15H2,1-3H3,(H,23,26)(H2,22,24,27)/t17-,19-/m0/s1. The van der Waals surface area contributed by atoms with Gasteiger partial charge in [0.25, 0.3) is 0 Å². The third kappa shape index (κ3) is 11.5. The van der Waals surface area contributed by atoms with E-state index in [-0.39, 0.29) is 11.8 Å². The Kier molecular flexibility index (Phi) is 12.9. The second-order valence-corrected chi connectivity index (χ2v) is 8.98. The minimum atomic E-state index is -0.473. The monoisotopic (exact) mass is 425 g/mol. The molecular weight excluding hydrogens is 390 g/mol. The molecule has 0 unspecified atom stereocenters. The van der Waals surface area contributed by atoms with Gasteiger partial charge >= 0.3 is 0 Å². The number of rotatable bonds is 12. The molecule has 1 rings (SSSR count). The largest absolute Gasteiger partial charge is 0.392 e. The van der Waals surface area contributed by atoms with Crippen molar-refractivity contribution in [2.45, 2.75) is 59.0 Å². The zero-order chi connectivity index (χ0) is 20.8. The third-order valence-electron chi connectivity index (χ3n) is 4.30. The van der Waals surface area contributed by atoms with Gasteiger partial charge in [-0.15, -0.1) is 0 Å². The molecular formula is C21H35N3O2S2. The Morgan fingerprint density at radius 3 is 2.54 bits per heavy atom. The van der Waals surface area contributed by atoms with Crippen LogP contribution in [0.1, 0.15) is 52.9 Å². The van der Waals surface area contributed by atoms with Crippen molar-refractivity contribution >= 4 is 40.7 Å². The highest BCUT2D eigenvalue weighted by atomic mass is 32.2. The number of thioether (sulfide) groups is 1. The van der Waals surface area contributed by atoms with Crippen molar-refractivity contribution in [2.24, 2.45) is 11.8 Å². The van der Waals surface area contributed by atoms with Crippen molar-refractivity contribution in [3.8, 4) is 0 Å². The maximum absolute atomic E-state index is 12.6. The predicted molar refractivity (Wildman–Crippen MR) is 124 cm³/mol. The van der Waals surface area contributed by atoms with Gasteiger partial charge in [0.05, 0.1) is 6.10 Å². The van der Waals surface area contributed by atoms with Crippen molar-refractivity contribution in [1.82, 2.24) is 10.9 Å². The van der Waals surface area contributed by atoms with Gasteiger partial charge in [0, 0.05) is 17.4 Å². The molecule has 0 aromatic heterocycles. The minimum Gasteiger partial charge on any atom is -0.392 e. The molecule has 0 spiro atoms. The zero-order valence-corrected chi connectivity index (χ0v) is 18.9. The van der Waals surface area contributed by atoms with Gasteiger partial charge in [0.15, 0.2) is 5.11 Å². The smallest absolute Gasteiger partial charge is 0.241 e. The zero-order valence-electron chi connectivity index (χ0n) is 17.2. The summed E-state index contributed by atoms with van der Waals surface area (Å²) in [4.78, 5) is 12.6. The van der Waals surface area contributed by atoms with E-state index in [2.05, 4.69) is 36.9 Å². The summed E-state index contributed by atoms with van der Waals surface area (Å²) in [5.74, 6) is 1.87. The second-order valence-electron chi connectivity index (χ2n) is 7.42. The summed E-state index contributed by atoms with van der Waals surface area (Å²) in [6.45, 7) is 6.44. The maximum Gasteiger partial charge on any atom is 0.241 e. The van der Waals surface area contributed by atoms with Crippen LogP contribution in [0, 0.1) is 11.8 Å². The van der Waals surface area contributed by atoms with E-state index in [9.17, 15) is 9.90 Å². The fourth-order valence-electron chi connectivity index (χ4n) is 2.66. The van der Waals surface area contributed by atoms with E-state index in [1.165, 1.54) is 0 Å². The van der Waals surface area contributed by atoms with Gasteiger partial charge in [0.2, 0.25) is 5.91 Å². The molecule has 1 amide bonds. The number of hydrogen-bond donors (Lipinski definition) is 4. The maximum atomic E-state index is 12.6. The minimum absolute atomic E-state index is 0.129. The lowest BCUT2D eigenvalue weighted by Gasteiger charge is -2.21. The third-order valence-corrected chi connectivity index (χ3v) is 5.71. The number of hydrogen-bond acceptors (Lipinski definition) is 4. The molecule has 0 saturated heterocycles. The van der Waals surface area contributed by atoms with Gasteiger partial charge < -0.3 is 10.4 Å². The lowest BCUT2D eigenvalue weighted by molar-refractivity contribution is -0.126. The quantitative estimate of drug-likeness (QED) is 0.227. The van der Waals surface area contributed by atoms with Gasteiger partial charge in [0.1, 0.15) is 0 Å². The fourth-order valence-corrected chi connectivity index (χ4v) is 3.89. The van der Waals surface area contributed by atoms with Crippen LogP contribution >= 0.6 is 24.0 Å². The topological polar surface area (TPSA) is 73.4 Å². The molecule has 5 nitrogen and oxygen atoms in total. The van der Waals surface area contributed by atoms with Crippen LogP contribution in [0.2, 0.25) is 0 Å². The Morgan fingerprint density at radius 1 is 1.18 bits per heavy atom. The molecule has 28 heavy (non-hydrogen) atoms. The highest BCUT2D eigenvalue weighted by molar-refractivity contribution is 7.99. The lowest BCUT2D eigenvalue weighted by Crippen LogP contribution is -2.46. The normalized spacial score (nSPS) is 13.0. The number of para-hydroxylation sites is 1. The first-order valence-electron chi connectivity index (χ1n) is 10.1. The van der Waals surface area contributed by atoms with Gasteiger partial charge in [-0.25, -0.2) is 0 Å². The molecule has 0 bridgehead atoms. The van der Waals surface area contributed by atoms with Crippen molar-refractivity contribution in [3.63, 3.8) is 0 Å². The van der Waals surface area contributed by atoms with Crippen LogP contribution in [0.25, 0.3) is 0 Å². The molecule has 2 atom stereocenters. The Bertz CT molecular complexity index is 570. The van der Waals surface area contributed by atoms with Crippen molar-refractivity contribution in [1.29, 1.82) is 0 Å². The molecule has 1 aromatic rings. The number of thiocarbonyl (C=S) groups is 1. The van der Waals surface area contributed by atoms with Crippen LogP contribution in [0.3, 0.4) is 0 Å². The summed E-state index contributed by atoms with van der Waals surface area (Å²) >= 11 is 6.98. The van der Waals surface area contributed by atoms with E-state index in [0.717, 1.165) is 37.1 Å². The number of nitrogens with one attached hydrogen (secondary N) is 3. The van der Waals surface area contributed by atoms with Gasteiger partial charge in [-0.3, -0.25) is 15.6 Å². The van der Waals surface area contributed by atoms with Crippen molar-refractivity contribution in [3.05, 3.63) is 30.3 Å². The van der Waals surface area contributed by atoms with Crippen molar-refractivity contribution in [2.75, 3.05) is 16.8 Å². The van der Waals surface area contributed by atoms with E-state index in [1.807, 2.05) is 30.3 Å². The molecule has 0 heterocycles. The van der Waals surface area contributed by atoms with Gasteiger partial charge in [-0.05, 0) is 55.3 Å². The molecule has 1 aromatic carbocycles. The average Bonchev–Trinajstić information content (AvgIpc) is 2.67. The molecule has 0 aliphatic rings. The first-order chi connectivity index (χ1) is 13.4. The van der Waals surface area contributed by atoms with E-state index in [0.29, 0.717) is 23.2 Å². The lowest BCUT2D eigenvalue weighted by atomic mass is 9.92. The summed E-state index contributed by atoms with van der Waals surface area (Å²) in [6.07, 6.45) is 4.01. The number of carbonyl (C=O) groups excluding carboxylic acids is 1. The Hall–Kier alpha value is -1.31. The molecule has 0 saturated carbocycles. The van der Waals surface area contributed by atoms with Gasteiger partial charge in [-0.1, -0.05) is 51.8 Å². The molecule has 0 aliphatic heterocycles. The second kappa shape index (κ2) is 14.7. The van der Waals surface area contributed by atoms with Crippen LogP contribution in [0.5, 0.6) is 0 Å². The van der Waals surface area contributed by atoms with Gasteiger partial charge in [-0.2, -0.15) is 11.8 Å². The van der Waals surface area contributed by atoms with Crippen molar-refractivity contribution < 1.29 is 9.90 Å². The SMILES string of the molecule is CCCCSC[C@@H](O)C[C@H](CCC(C)C)C(=O)NNC(=S)Nc1ccccc1. The van der Waals surface area contributed by atoms with E-state index < -0.39 is 6.10 Å². The van der Waals surface area contributed by atoms with Crippen LogP contribution in [-0.4, -0.2) is 33.7 Å². The Balaban J connectivity index is 2.47. The number of benzene rings is 1. The van der Waals surface area contributed by atoms with Crippen LogP contribution < -0.4 is 16.2 Å². The summed E-state index contributed by atoms with van der Waals surface area (Å²) < 4.78 is 0. The highest BCUT2D eigenvalue weighted by Gasteiger charge is 2.22. The molecule has 7 heteroatoms. The van der Waals surface area contributed by atoms with E-state index in [4.69, 9.17) is 12.2 Å². The molecule has 0 fully saturated rings. The molecule has 158 valence electrons. The van der Waals surface area contributed by atoms with Crippen LogP contribution in [0.15, 0.2) is 30.3 Å². The summed E-state index contributed by atoms with van der Waals surface area (Å²) in [5.41, 5.74) is 6.32. The summed E-state index contributed by atoms with van der Waals surface area (Å²) in [6, 6.07) is 9.53. The fraction of sp³-hybridized carbons (Fsp3) is 0.619. The molecule has 0 aliphatic carbocycles. The number of unbranched alkanes of at least 4 members (excludes halogenated alkanes) is 1. The summed E-state index contributed by atoms with van der Waals surface area (Å²) in [7, 11) is 0. The number of aliphatic hydroxyl groups is 1. The van der Waals surface area contributed by atoms with E-state index in [1.54, 1.807) is 11.8 Å². The average molecular weight is 426 g/mol. The first kappa shape index (κ1) is 24.7. The highest BCUT2D eigenvalue weighted by Crippen LogP contribution is 2.20. The molecule has 4 N–H and O–H groups in total. The van der Waals surface area contributed by atoms with Crippen LogP contribution in [-0.2, 0) is 4.79 Å². The Morgan fingerprint density at radius 2 is 1.89 bits per heavy atom. The van der Waals surface area contributed by atoms with Crippen LogP contribution in [0.4, 0.5) is 5.69 Å². The molecule has 0 radical (unpaired) electrons. The van der Waals surface area contributed by atoms with E-state index >= 15 is 0 Å². The summed E-state index contributed by atoms with van der Waals surface area (Å²) in [5, 5.41) is 13.7. The number of aliphatic hydroxyl groups excluding tert-OH is 1. The predicted octanol–water partition coefficient (Wildman–Crippen LogP) is 4.34. The Labute approximate surface area is 179 Å². The number of carbonyl (C=O) groups is 1. The first-order valence-corrected chi connectivity index (χ1v) is 11.7.